The fourth-order valence-electron chi connectivity index (χ4n) is 1.06. The van der Waals surface area contributed by atoms with Gasteiger partial charge in [0.15, 0.2) is 0 Å². The maximum absolute atomic E-state index is 12.0. The summed E-state index contributed by atoms with van der Waals surface area (Å²) in [4.78, 5) is 1.65. The second-order valence-corrected chi connectivity index (χ2v) is 5.33. The van der Waals surface area contributed by atoms with Crippen LogP contribution in [0.15, 0.2) is 11.8 Å². The van der Waals surface area contributed by atoms with Crippen LogP contribution in [0.3, 0.4) is 0 Å². The van der Waals surface area contributed by atoms with Crippen LogP contribution in [0.4, 0.5) is 0 Å². The Morgan fingerprint density at radius 2 is 1.88 bits per heavy atom. The minimum atomic E-state index is -3.08. The van der Waals surface area contributed by atoms with Gasteiger partial charge >= 0.3 is 7.60 Å². The summed E-state index contributed by atoms with van der Waals surface area (Å²) in [5.74, 6) is 0. The van der Waals surface area contributed by atoms with E-state index in [1.54, 1.807) is 38.9 Å². The van der Waals surface area contributed by atoms with Crippen molar-refractivity contribution in [2.75, 3.05) is 33.5 Å². The summed E-state index contributed by atoms with van der Waals surface area (Å²) in [6.07, 6.45) is 1.70. The van der Waals surface area contributed by atoms with Crippen molar-refractivity contribution >= 4 is 7.60 Å². The molecule has 0 N–H and O–H groups in total. The number of rotatable bonds is 7. The molecule has 0 saturated carbocycles. The van der Waals surface area contributed by atoms with Gasteiger partial charge < -0.3 is 13.9 Å². The van der Waals surface area contributed by atoms with Gasteiger partial charge in [-0.05, 0) is 19.9 Å². The first kappa shape index (κ1) is 15.2. The zero-order chi connectivity index (χ0) is 12.6. The largest absolute Gasteiger partial charge is 0.369 e. The highest BCUT2D eigenvalue weighted by Gasteiger charge is 2.22. The Bertz CT molecular complexity index is 311. The molecule has 6 heteroatoms. The zero-order valence-corrected chi connectivity index (χ0v) is 11.2. The molecular weight excluding hydrogens is 227 g/mol. The van der Waals surface area contributed by atoms with Crippen molar-refractivity contribution in [3.8, 4) is 6.07 Å². The molecule has 0 saturated heterocycles. The molecule has 0 aliphatic rings. The molecule has 16 heavy (non-hydrogen) atoms. The molecule has 0 spiro atoms. The normalized spacial score (nSPS) is 12.3. The molecule has 0 unspecified atom stereocenters. The van der Waals surface area contributed by atoms with Gasteiger partial charge in [-0.3, -0.25) is 4.57 Å². The summed E-state index contributed by atoms with van der Waals surface area (Å²) in [6, 6.07) is 2.01. The number of hydrogen-bond donors (Lipinski definition) is 0. The van der Waals surface area contributed by atoms with E-state index in [1.165, 1.54) is 0 Å². The van der Waals surface area contributed by atoms with Crippen molar-refractivity contribution in [3.63, 3.8) is 0 Å². The molecule has 0 aromatic heterocycles. The van der Waals surface area contributed by atoms with Gasteiger partial charge in [0.2, 0.25) is 0 Å². The van der Waals surface area contributed by atoms with Crippen molar-refractivity contribution in [2.45, 2.75) is 13.8 Å². The maximum Gasteiger partial charge on any atom is 0.334 e. The third-order valence-electron chi connectivity index (χ3n) is 1.76. The summed E-state index contributed by atoms with van der Waals surface area (Å²) in [7, 11) is 0.422. The van der Waals surface area contributed by atoms with E-state index in [0.29, 0.717) is 18.9 Å². The van der Waals surface area contributed by atoms with Crippen LogP contribution in [0.25, 0.3) is 0 Å². The summed E-state index contributed by atoms with van der Waals surface area (Å²) in [6.45, 7) is 4.17. The summed E-state index contributed by atoms with van der Waals surface area (Å²) < 4.78 is 22.2. The van der Waals surface area contributed by atoms with E-state index in [-0.39, 0.29) is 6.16 Å². The number of hydrogen-bond acceptors (Lipinski definition) is 5. The average molecular weight is 246 g/mol. The molecule has 0 heterocycles. The first-order valence-electron chi connectivity index (χ1n) is 5.14. The van der Waals surface area contributed by atoms with Crippen LogP contribution >= 0.6 is 7.60 Å². The molecule has 0 aliphatic heterocycles. The van der Waals surface area contributed by atoms with Gasteiger partial charge in [0.25, 0.3) is 0 Å². The van der Waals surface area contributed by atoms with Gasteiger partial charge in [-0.2, -0.15) is 5.26 Å². The van der Waals surface area contributed by atoms with Crippen LogP contribution in [0.2, 0.25) is 0 Å². The van der Waals surface area contributed by atoms with Gasteiger partial charge in [0, 0.05) is 14.1 Å². The standard InChI is InChI=1S/C10H19N2O3P/c1-5-14-16(13,15-6-2)8-7-10(9-11)12(3)4/h7H,5-6,8H2,1-4H3/b10-7-. The Kier molecular flexibility index (Phi) is 7.07. The molecule has 0 aliphatic carbocycles. The van der Waals surface area contributed by atoms with E-state index < -0.39 is 7.60 Å². The van der Waals surface area contributed by atoms with Crippen molar-refractivity contribution in [1.82, 2.24) is 4.90 Å². The molecule has 0 amide bonds. The molecule has 0 aromatic rings. The van der Waals surface area contributed by atoms with E-state index in [0.717, 1.165) is 0 Å². The lowest BCUT2D eigenvalue weighted by Gasteiger charge is -2.16. The number of nitrogens with zero attached hydrogens (tertiary/aromatic N) is 2. The topological polar surface area (TPSA) is 62.6 Å². The van der Waals surface area contributed by atoms with E-state index in [2.05, 4.69) is 0 Å². The first-order valence-corrected chi connectivity index (χ1v) is 6.87. The summed E-state index contributed by atoms with van der Waals surface area (Å²) in [5.41, 5.74) is 0.444. The Morgan fingerprint density at radius 1 is 1.38 bits per heavy atom. The third kappa shape index (κ3) is 5.32. The molecule has 0 atom stereocenters. The Labute approximate surface area is 97.2 Å². The van der Waals surface area contributed by atoms with Crippen molar-refractivity contribution in [3.05, 3.63) is 11.8 Å². The fourth-order valence-corrected chi connectivity index (χ4v) is 2.53. The molecule has 92 valence electrons. The van der Waals surface area contributed by atoms with Gasteiger partial charge in [0.05, 0.1) is 19.4 Å². The van der Waals surface area contributed by atoms with Gasteiger partial charge in [-0.1, -0.05) is 0 Å². The second-order valence-electron chi connectivity index (χ2n) is 3.22. The lowest BCUT2D eigenvalue weighted by atomic mass is 10.4. The van der Waals surface area contributed by atoms with E-state index >= 15 is 0 Å². The van der Waals surface area contributed by atoms with Crippen molar-refractivity contribution < 1.29 is 13.6 Å². The van der Waals surface area contributed by atoms with Crippen molar-refractivity contribution in [2.24, 2.45) is 0 Å². The monoisotopic (exact) mass is 246 g/mol. The van der Waals surface area contributed by atoms with Crippen LogP contribution < -0.4 is 0 Å². The summed E-state index contributed by atoms with van der Waals surface area (Å²) >= 11 is 0. The molecule has 0 radical (unpaired) electrons. The molecular formula is C10H19N2O3P. The van der Waals surface area contributed by atoms with Crippen molar-refractivity contribution in [1.29, 1.82) is 5.26 Å². The highest BCUT2D eigenvalue weighted by molar-refractivity contribution is 7.54. The Hall–Kier alpha value is -0.820. The van der Waals surface area contributed by atoms with E-state index in [1.807, 2.05) is 6.07 Å². The smallest absolute Gasteiger partial charge is 0.334 e. The minimum Gasteiger partial charge on any atom is -0.369 e. The van der Waals surface area contributed by atoms with Crippen LogP contribution in [0.1, 0.15) is 13.8 Å². The maximum atomic E-state index is 12.0. The molecule has 0 aromatic carbocycles. The predicted molar refractivity (Wildman–Crippen MR) is 63.1 cm³/mol. The minimum absolute atomic E-state index is 0.121. The SMILES string of the molecule is CCOP(=O)(C/C=C(/C#N)N(C)C)OCC. The summed E-state index contributed by atoms with van der Waals surface area (Å²) in [5, 5.41) is 8.82. The van der Waals surface area contributed by atoms with E-state index in [9.17, 15) is 4.57 Å². The average Bonchev–Trinajstić information content (AvgIpc) is 2.18. The lowest BCUT2D eigenvalue weighted by Crippen LogP contribution is -2.10. The predicted octanol–water partition coefficient (Wildman–Crippen LogP) is 2.22. The highest BCUT2D eigenvalue weighted by atomic mass is 31.2. The Morgan fingerprint density at radius 3 is 2.19 bits per heavy atom. The second kappa shape index (κ2) is 7.45. The lowest BCUT2D eigenvalue weighted by molar-refractivity contribution is 0.222. The van der Waals surface area contributed by atoms with Crippen LogP contribution in [-0.2, 0) is 13.6 Å². The highest BCUT2D eigenvalue weighted by Crippen LogP contribution is 2.48. The third-order valence-corrected chi connectivity index (χ3v) is 3.69. The molecule has 0 fully saturated rings. The van der Waals surface area contributed by atoms with Crippen LogP contribution in [0, 0.1) is 11.3 Å². The molecule has 5 nitrogen and oxygen atoms in total. The van der Waals surface area contributed by atoms with Crippen LogP contribution in [-0.4, -0.2) is 38.4 Å². The van der Waals surface area contributed by atoms with Gasteiger partial charge in [0.1, 0.15) is 11.8 Å². The van der Waals surface area contributed by atoms with E-state index in [4.69, 9.17) is 14.3 Å². The number of allylic oxidation sites excluding steroid dienone is 2. The fraction of sp³-hybridized carbons (Fsp3) is 0.700. The number of nitriles is 1. The zero-order valence-electron chi connectivity index (χ0n) is 10.3. The van der Waals surface area contributed by atoms with Gasteiger partial charge in [-0.15, -0.1) is 0 Å². The quantitative estimate of drug-likeness (QED) is 0.509. The first-order chi connectivity index (χ1) is 7.49. The Balaban J connectivity index is 4.65. The molecule has 0 bridgehead atoms. The van der Waals surface area contributed by atoms with Crippen LogP contribution in [0.5, 0.6) is 0 Å². The van der Waals surface area contributed by atoms with Gasteiger partial charge in [-0.25, -0.2) is 0 Å². The molecule has 0 rings (SSSR count).